The first-order valence-corrected chi connectivity index (χ1v) is 10.2. The SMILES string of the molecule is COCCNC(=NCC(=O)N(C)C)NC1CCN(Cc2ccc(OC)c(F)c2)CC1. The molecule has 1 amide bonds. The predicted octanol–water partition coefficient (Wildman–Crippen LogP) is 1.07. The van der Waals surface area contributed by atoms with E-state index in [-0.39, 0.29) is 30.1 Å². The number of hydrogen-bond acceptors (Lipinski definition) is 5. The van der Waals surface area contributed by atoms with E-state index in [1.165, 1.54) is 18.1 Å². The van der Waals surface area contributed by atoms with E-state index in [0.717, 1.165) is 31.5 Å². The molecule has 1 aliphatic heterocycles. The van der Waals surface area contributed by atoms with Gasteiger partial charge in [0.05, 0.1) is 13.7 Å². The van der Waals surface area contributed by atoms with Gasteiger partial charge in [-0.3, -0.25) is 9.69 Å². The largest absolute Gasteiger partial charge is 0.494 e. The summed E-state index contributed by atoms with van der Waals surface area (Å²) in [4.78, 5) is 20.1. The molecule has 0 radical (unpaired) electrons. The molecule has 168 valence electrons. The minimum Gasteiger partial charge on any atom is -0.494 e. The van der Waals surface area contributed by atoms with Crippen molar-refractivity contribution >= 4 is 11.9 Å². The zero-order valence-corrected chi connectivity index (χ0v) is 18.4. The van der Waals surface area contributed by atoms with E-state index < -0.39 is 0 Å². The standard InChI is InChI=1S/C21H34FN5O3/c1-26(2)20(28)14-24-21(23-9-12-29-3)25-17-7-10-27(11-8-17)15-16-5-6-19(30-4)18(22)13-16/h5-6,13,17H,7-12,14-15H2,1-4H3,(H2,23,24,25). The maximum absolute atomic E-state index is 13.9. The van der Waals surface area contributed by atoms with Crippen LogP contribution in [0.25, 0.3) is 0 Å². The lowest BCUT2D eigenvalue weighted by atomic mass is 10.0. The number of methoxy groups -OCH3 is 2. The average Bonchev–Trinajstić information content (AvgIpc) is 2.73. The predicted molar refractivity (Wildman–Crippen MR) is 115 cm³/mol. The number of ether oxygens (including phenoxy) is 2. The zero-order chi connectivity index (χ0) is 21.9. The number of nitrogens with zero attached hydrogens (tertiary/aromatic N) is 3. The molecule has 0 bridgehead atoms. The molecule has 2 N–H and O–H groups in total. The number of benzene rings is 1. The van der Waals surface area contributed by atoms with Gasteiger partial charge in [-0.1, -0.05) is 6.07 Å². The molecule has 0 atom stereocenters. The third kappa shape index (κ3) is 7.79. The van der Waals surface area contributed by atoms with Gasteiger partial charge >= 0.3 is 0 Å². The van der Waals surface area contributed by atoms with Crippen molar-refractivity contribution in [2.45, 2.75) is 25.4 Å². The van der Waals surface area contributed by atoms with Crippen LogP contribution in [0.2, 0.25) is 0 Å². The van der Waals surface area contributed by atoms with Gasteiger partial charge in [0.15, 0.2) is 17.5 Å². The summed E-state index contributed by atoms with van der Waals surface area (Å²) in [5.41, 5.74) is 0.936. The van der Waals surface area contributed by atoms with Gasteiger partial charge in [-0.25, -0.2) is 9.38 Å². The average molecular weight is 424 g/mol. The van der Waals surface area contributed by atoms with Gasteiger partial charge in [0.25, 0.3) is 0 Å². The van der Waals surface area contributed by atoms with Gasteiger partial charge in [-0.2, -0.15) is 0 Å². The summed E-state index contributed by atoms with van der Waals surface area (Å²) >= 11 is 0. The van der Waals surface area contributed by atoms with Crippen molar-refractivity contribution in [3.63, 3.8) is 0 Å². The number of likely N-dealkylation sites (tertiary alicyclic amines) is 1. The summed E-state index contributed by atoms with van der Waals surface area (Å²) in [5, 5.41) is 6.63. The Morgan fingerprint density at radius 3 is 2.63 bits per heavy atom. The highest BCUT2D eigenvalue weighted by Crippen LogP contribution is 2.20. The van der Waals surface area contributed by atoms with E-state index in [9.17, 15) is 9.18 Å². The van der Waals surface area contributed by atoms with Crippen LogP contribution in [0.4, 0.5) is 4.39 Å². The fourth-order valence-electron chi connectivity index (χ4n) is 3.21. The number of carbonyl (C=O) groups excluding carboxylic acids is 1. The van der Waals surface area contributed by atoms with Crippen LogP contribution < -0.4 is 15.4 Å². The van der Waals surface area contributed by atoms with Crippen molar-refractivity contribution in [3.05, 3.63) is 29.6 Å². The number of amides is 1. The van der Waals surface area contributed by atoms with Crippen molar-refractivity contribution in [1.29, 1.82) is 0 Å². The van der Waals surface area contributed by atoms with Crippen molar-refractivity contribution in [2.75, 3.05) is 61.1 Å². The molecule has 1 aliphatic rings. The first-order chi connectivity index (χ1) is 14.4. The van der Waals surface area contributed by atoms with Crippen LogP contribution in [-0.4, -0.2) is 88.8 Å². The molecule has 1 saturated heterocycles. The summed E-state index contributed by atoms with van der Waals surface area (Å²) < 4.78 is 24.0. The molecule has 30 heavy (non-hydrogen) atoms. The monoisotopic (exact) mass is 423 g/mol. The number of halogens is 1. The summed E-state index contributed by atoms with van der Waals surface area (Å²) in [6.45, 7) is 3.76. The number of aliphatic imine (C=N–C) groups is 1. The fourth-order valence-corrected chi connectivity index (χ4v) is 3.21. The van der Waals surface area contributed by atoms with E-state index >= 15 is 0 Å². The molecule has 0 aromatic heterocycles. The molecular formula is C21H34FN5O3. The van der Waals surface area contributed by atoms with E-state index in [0.29, 0.717) is 25.7 Å². The highest BCUT2D eigenvalue weighted by molar-refractivity contribution is 5.84. The molecule has 0 saturated carbocycles. The van der Waals surface area contributed by atoms with Crippen LogP contribution in [-0.2, 0) is 16.1 Å². The van der Waals surface area contributed by atoms with Crippen molar-refractivity contribution in [1.82, 2.24) is 20.4 Å². The Bertz CT molecular complexity index is 706. The molecule has 9 heteroatoms. The number of carbonyl (C=O) groups is 1. The number of guanidine groups is 1. The lowest BCUT2D eigenvalue weighted by molar-refractivity contribution is -0.127. The highest BCUT2D eigenvalue weighted by atomic mass is 19.1. The molecule has 0 unspecified atom stereocenters. The number of rotatable bonds is 9. The minimum absolute atomic E-state index is 0.0515. The number of nitrogens with one attached hydrogen (secondary N) is 2. The molecule has 8 nitrogen and oxygen atoms in total. The third-order valence-corrected chi connectivity index (χ3v) is 5.02. The summed E-state index contributed by atoms with van der Waals surface area (Å²) in [5.74, 6) is 0.506. The lowest BCUT2D eigenvalue weighted by Gasteiger charge is -2.33. The summed E-state index contributed by atoms with van der Waals surface area (Å²) in [6.07, 6.45) is 1.87. The Balaban J connectivity index is 1.85. The van der Waals surface area contributed by atoms with Gasteiger partial charge in [0, 0.05) is 53.4 Å². The van der Waals surface area contributed by atoms with Crippen LogP contribution in [0.15, 0.2) is 23.2 Å². The van der Waals surface area contributed by atoms with E-state index in [1.807, 2.05) is 6.07 Å². The molecule has 1 aromatic carbocycles. The second kappa shape index (κ2) is 12.3. The molecule has 1 aromatic rings. The van der Waals surface area contributed by atoms with E-state index in [2.05, 4.69) is 20.5 Å². The highest BCUT2D eigenvalue weighted by Gasteiger charge is 2.20. The Morgan fingerprint density at radius 2 is 2.03 bits per heavy atom. The molecule has 0 spiro atoms. The first-order valence-electron chi connectivity index (χ1n) is 10.2. The molecule has 2 rings (SSSR count). The number of likely N-dealkylation sites (N-methyl/N-ethyl adjacent to an activating group) is 1. The second-order valence-electron chi connectivity index (χ2n) is 7.54. The quantitative estimate of drug-likeness (QED) is 0.352. The van der Waals surface area contributed by atoms with E-state index in [1.54, 1.807) is 27.3 Å². The van der Waals surface area contributed by atoms with Gasteiger partial charge in [0.1, 0.15) is 6.54 Å². The third-order valence-electron chi connectivity index (χ3n) is 5.02. The van der Waals surface area contributed by atoms with E-state index in [4.69, 9.17) is 9.47 Å². The van der Waals surface area contributed by atoms with Crippen molar-refractivity contribution in [3.8, 4) is 5.75 Å². The van der Waals surface area contributed by atoms with Crippen LogP contribution in [0.3, 0.4) is 0 Å². The zero-order valence-electron chi connectivity index (χ0n) is 18.4. The topological polar surface area (TPSA) is 78.4 Å². The minimum atomic E-state index is -0.332. The number of piperidine rings is 1. The maximum atomic E-state index is 13.9. The smallest absolute Gasteiger partial charge is 0.243 e. The van der Waals surface area contributed by atoms with Crippen LogP contribution in [0.5, 0.6) is 5.75 Å². The van der Waals surface area contributed by atoms with Crippen LogP contribution >= 0.6 is 0 Å². The van der Waals surface area contributed by atoms with Gasteiger partial charge in [0.2, 0.25) is 5.91 Å². The van der Waals surface area contributed by atoms with Crippen molar-refractivity contribution < 1.29 is 18.7 Å². The van der Waals surface area contributed by atoms with Gasteiger partial charge in [-0.15, -0.1) is 0 Å². The number of hydrogen-bond donors (Lipinski definition) is 2. The lowest BCUT2D eigenvalue weighted by Crippen LogP contribution is -2.49. The van der Waals surface area contributed by atoms with Crippen LogP contribution in [0, 0.1) is 5.82 Å². The van der Waals surface area contributed by atoms with Crippen LogP contribution in [0.1, 0.15) is 18.4 Å². The summed E-state index contributed by atoms with van der Waals surface area (Å²) in [7, 11) is 6.54. The maximum Gasteiger partial charge on any atom is 0.243 e. The first kappa shape index (κ1) is 23.9. The molecule has 1 fully saturated rings. The Morgan fingerprint density at radius 1 is 1.30 bits per heavy atom. The van der Waals surface area contributed by atoms with Gasteiger partial charge < -0.3 is 25.0 Å². The molecular weight excluding hydrogens is 389 g/mol. The summed E-state index contributed by atoms with van der Waals surface area (Å²) in [6, 6.07) is 5.37. The van der Waals surface area contributed by atoms with Gasteiger partial charge in [-0.05, 0) is 30.5 Å². The second-order valence-corrected chi connectivity index (χ2v) is 7.54. The molecule has 0 aliphatic carbocycles. The Hall–Kier alpha value is -2.39. The Kier molecular flexibility index (Phi) is 9.82. The fraction of sp³-hybridized carbons (Fsp3) is 0.619. The normalized spacial score (nSPS) is 15.7. The van der Waals surface area contributed by atoms with Crippen molar-refractivity contribution in [2.24, 2.45) is 4.99 Å². The molecule has 1 heterocycles. The Labute approximate surface area is 178 Å².